The highest BCUT2D eigenvalue weighted by atomic mass is 16.3. The van der Waals surface area contributed by atoms with Crippen molar-refractivity contribution < 1.29 is 9.90 Å². The molecule has 1 aromatic carbocycles. The van der Waals surface area contributed by atoms with Gasteiger partial charge in [-0.2, -0.15) is 5.10 Å². The quantitative estimate of drug-likeness (QED) is 0.751. The number of H-pyrrole nitrogens is 1. The number of aliphatic hydroxyl groups is 1. The van der Waals surface area contributed by atoms with Crippen LogP contribution < -0.4 is 5.43 Å². The number of amides is 1. The molecule has 4 rings (SSSR count). The van der Waals surface area contributed by atoms with Gasteiger partial charge in [-0.15, -0.1) is 0 Å². The molecule has 0 spiro atoms. The number of hydrazone groups is 1. The van der Waals surface area contributed by atoms with Crippen molar-refractivity contribution in [1.29, 1.82) is 0 Å². The Bertz CT molecular complexity index is 844. The van der Waals surface area contributed by atoms with Crippen LogP contribution in [-0.4, -0.2) is 39.4 Å². The highest BCUT2D eigenvalue weighted by Crippen LogP contribution is 2.34. The normalized spacial score (nSPS) is 19.3. The van der Waals surface area contributed by atoms with E-state index < -0.39 is 6.23 Å². The van der Waals surface area contributed by atoms with Gasteiger partial charge in [-0.05, 0) is 12.1 Å². The van der Waals surface area contributed by atoms with E-state index in [0.29, 0.717) is 18.7 Å². The molecular formula is C17H20N4O2. The number of nitrogens with zero attached hydrogens (tertiary/aromatic N) is 2. The van der Waals surface area contributed by atoms with Gasteiger partial charge in [0, 0.05) is 40.7 Å². The Balaban J connectivity index is 1.89. The molecule has 120 valence electrons. The molecule has 2 aromatic rings. The molecule has 0 saturated carbocycles. The summed E-state index contributed by atoms with van der Waals surface area (Å²) in [5.41, 5.74) is 6.73. The largest absolute Gasteiger partial charge is 0.378 e. The number of aromatic amines is 1. The lowest BCUT2D eigenvalue weighted by molar-refractivity contribution is -0.0689. The van der Waals surface area contributed by atoms with E-state index in [2.05, 4.69) is 15.5 Å². The maximum atomic E-state index is 12.3. The number of carbonyl (C=O) groups excluding carboxylic acids is 1. The fourth-order valence-corrected chi connectivity index (χ4v) is 3.45. The first kappa shape index (κ1) is 14.4. The monoisotopic (exact) mass is 312 g/mol. The molecule has 0 fully saturated rings. The summed E-state index contributed by atoms with van der Waals surface area (Å²) in [5, 5.41) is 15.9. The van der Waals surface area contributed by atoms with Gasteiger partial charge in [-0.25, -0.2) is 5.43 Å². The third-order valence-electron chi connectivity index (χ3n) is 4.56. The van der Waals surface area contributed by atoms with Crippen molar-refractivity contribution >= 4 is 22.5 Å². The zero-order valence-electron chi connectivity index (χ0n) is 13.5. The van der Waals surface area contributed by atoms with E-state index >= 15 is 0 Å². The van der Waals surface area contributed by atoms with Crippen molar-refractivity contribution in [2.75, 3.05) is 6.54 Å². The van der Waals surface area contributed by atoms with Gasteiger partial charge in [-0.3, -0.25) is 9.69 Å². The lowest BCUT2D eigenvalue weighted by Gasteiger charge is -2.38. The Labute approximate surface area is 134 Å². The predicted octanol–water partition coefficient (Wildman–Crippen LogP) is 1.80. The van der Waals surface area contributed by atoms with Crippen LogP contribution in [0.5, 0.6) is 0 Å². The van der Waals surface area contributed by atoms with Crippen LogP contribution in [0.2, 0.25) is 0 Å². The first-order valence-electron chi connectivity index (χ1n) is 7.79. The summed E-state index contributed by atoms with van der Waals surface area (Å²) in [6.07, 6.45) is -0.594. The second-order valence-electron chi connectivity index (χ2n) is 7.35. The summed E-state index contributed by atoms with van der Waals surface area (Å²) in [7, 11) is 0. The highest BCUT2D eigenvalue weighted by Gasteiger charge is 2.36. The zero-order valence-corrected chi connectivity index (χ0v) is 13.5. The summed E-state index contributed by atoms with van der Waals surface area (Å²) in [5.74, 6) is -0.192. The second kappa shape index (κ2) is 4.66. The van der Waals surface area contributed by atoms with Crippen LogP contribution >= 0.6 is 0 Å². The summed E-state index contributed by atoms with van der Waals surface area (Å²) < 4.78 is 0. The van der Waals surface area contributed by atoms with E-state index in [-0.39, 0.29) is 11.3 Å². The summed E-state index contributed by atoms with van der Waals surface area (Å²) in [6, 6.07) is 5.66. The van der Waals surface area contributed by atoms with Crippen molar-refractivity contribution in [2.45, 2.75) is 33.5 Å². The maximum Gasteiger partial charge on any atom is 0.272 e. The fraction of sp³-hybridized carbons (Fsp3) is 0.412. The SMILES string of the molecule is CC(C)(C)C(O)N1CC2=NNC(=O)c3cccc4[nH]c(c2c34)C1. The van der Waals surface area contributed by atoms with Gasteiger partial charge in [0.1, 0.15) is 6.23 Å². The molecular weight excluding hydrogens is 292 g/mol. The van der Waals surface area contributed by atoms with Crippen molar-refractivity contribution in [3.8, 4) is 0 Å². The molecule has 1 aromatic heterocycles. The first-order valence-corrected chi connectivity index (χ1v) is 7.79. The molecule has 6 heteroatoms. The second-order valence-corrected chi connectivity index (χ2v) is 7.35. The van der Waals surface area contributed by atoms with E-state index in [0.717, 1.165) is 27.9 Å². The number of aliphatic hydroxyl groups excluding tert-OH is 1. The molecule has 3 heterocycles. The van der Waals surface area contributed by atoms with Crippen LogP contribution in [0, 0.1) is 5.41 Å². The van der Waals surface area contributed by atoms with Crippen LogP contribution in [0.25, 0.3) is 10.9 Å². The Hall–Kier alpha value is -2.18. The lowest BCUT2D eigenvalue weighted by atomic mass is 9.91. The van der Waals surface area contributed by atoms with Gasteiger partial charge < -0.3 is 10.1 Å². The van der Waals surface area contributed by atoms with E-state index in [1.165, 1.54) is 0 Å². The van der Waals surface area contributed by atoms with Crippen molar-refractivity contribution in [1.82, 2.24) is 15.3 Å². The Morgan fingerprint density at radius 3 is 2.83 bits per heavy atom. The highest BCUT2D eigenvalue weighted by molar-refractivity contribution is 6.21. The fourth-order valence-electron chi connectivity index (χ4n) is 3.45. The molecule has 0 radical (unpaired) electrons. The van der Waals surface area contributed by atoms with Crippen LogP contribution in [0.4, 0.5) is 0 Å². The van der Waals surface area contributed by atoms with Crippen LogP contribution in [0.1, 0.15) is 42.4 Å². The molecule has 23 heavy (non-hydrogen) atoms. The molecule has 6 nitrogen and oxygen atoms in total. The first-order chi connectivity index (χ1) is 10.9. The molecule has 2 aliphatic rings. The molecule has 1 amide bonds. The van der Waals surface area contributed by atoms with Crippen LogP contribution in [-0.2, 0) is 6.54 Å². The topological polar surface area (TPSA) is 80.7 Å². The minimum absolute atomic E-state index is 0.192. The number of rotatable bonds is 1. The third-order valence-corrected chi connectivity index (χ3v) is 4.56. The van der Waals surface area contributed by atoms with Gasteiger partial charge in [0.15, 0.2) is 0 Å². The molecule has 2 aliphatic heterocycles. The zero-order chi connectivity index (χ0) is 16.4. The predicted molar refractivity (Wildman–Crippen MR) is 88.2 cm³/mol. The molecule has 3 N–H and O–H groups in total. The third kappa shape index (κ3) is 2.09. The Morgan fingerprint density at radius 2 is 2.09 bits per heavy atom. The summed E-state index contributed by atoms with van der Waals surface area (Å²) in [4.78, 5) is 17.6. The van der Waals surface area contributed by atoms with E-state index in [1.54, 1.807) is 0 Å². The smallest absolute Gasteiger partial charge is 0.272 e. The van der Waals surface area contributed by atoms with Crippen LogP contribution in [0.15, 0.2) is 23.3 Å². The van der Waals surface area contributed by atoms with E-state index in [1.807, 2.05) is 43.9 Å². The number of hydrogen-bond acceptors (Lipinski definition) is 4. The van der Waals surface area contributed by atoms with E-state index in [9.17, 15) is 9.90 Å². The average Bonchev–Trinajstić information content (AvgIpc) is 2.81. The average molecular weight is 312 g/mol. The molecule has 0 aliphatic carbocycles. The van der Waals surface area contributed by atoms with Crippen molar-refractivity contribution in [2.24, 2.45) is 10.5 Å². The van der Waals surface area contributed by atoms with Gasteiger partial charge in [0.05, 0.1) is 11.3 Å². The molecule has 0 saturated heterocycles. The van der Waals surface area contributed by atoms with Gasteiger partial charge in [0.2, 0.25) is 0 Å². The van der Waals surface area contributed by atoms with Gasteiger partial charge in [0.25, 0.3) is 5.91 Å². The number of benzene rings is 1. The lowest BCUT2D eigenvalue weighted by Crippen LogP contribution is -2.48. The summed E-state index contributed by atoms with van der Waals surface area (Å²) in [6.45, 7) is 7.13. The minimum atomic E-state index is -0.594. The van der Waals surface area contributed by atoms with Crippen LogP contribution in [0.3, 0.4) is 0 Å². The summed E-state index contributed by atoms with van der Waals surface area (Å²) >= 11 is 0. The van der Waals surface area contributed by atoms with Gasteiger partial charge in [-0.1, -0.05) is 26.8 Å². The Morgan fingerprint density at radius 1 is 1.30 bits per heavy atom. The number of hydrogen-bond donors (Lipinski definition) is 3. The standard InChI is InChI=1S/C17H20N4O2/c1-17(2,3)16(23)21-7-11-14-12(8-21)19-20-15(22)9-5-4-6-10(18-11)13(9)14/h4-6,16,18,23H,7-8H2,1-3H3,(H,20,22). The van der Waals surface area contributed by atoms with E-state index in [4.69, 9.17) is 0 Å². The van der Waals surface area contributed by atoms with Gasteiger partial charge >= 0.3 is 0 Å². The minimum Gasteiger partial charge on any atom is -0.378 e. The number of nitrogens with one attached hydrogen (secondary N) is 2. The molecule has 0 bridgehead atoms. The number of aromatic nitrogens is 1. The Kier molecular flexibility index (Phi) is 2.92. The number of carbonyl (C=O) groups is 1. The van der Waals surface area contributed by atoms with Crippen molar-refractivity contribution in [3.05, 3.63) is 35.0 Å². The molecule has 1 unspecified atom stereocenters. The molecule has 1 atom stereocenters. The maximum absolute atomic E-state index is 12.3. The van der Waals surface area contributed by atoms with Crippen molar-refractivity contribution in [3.63, 3.8) is 0 Å².